The van der Waals surface area contributed by atoms with Gasteiger partial charge in [0.2, 0.25) is 5.91 Å². The predicted octanol–water partition coefficient (Wildman–Crippen LogP) is 3.06. The first-order chi connectivity index (χ1) is 16.6. The van der Waals surface area contributed by atoms with Crippen LogP contribution < -0.4 is 10.6 Å². The van der Waals surface area contributed by atoms with Crippen molar-refractivity contribution in [1.29, 1.82) is 0 Å². The molecule has 188 valence electrons. The van der Waals surface area contributed by atoms with Crippen LogP contribution in [0.4, 0.5) is 5.69 Å². The van der Waals surface area contributed by atoms with E-state index in [9.17, 15) is 14.4 Å². The number of benzene rings is 1. The Balaban J connectivity index is 1.54. The maximum Gasteiger partial charge on any atom is 0.276 e. The highest BCUT2D eigenvalue weighted by Gasteiger charge is 2.53. The molecule has 2 aliphatic rings. The first-order valence-corrected chi connectivity index (χ1v) is 12.3. The van der Waals surface area contributed by atoms with Crippen molar-refractivity contribution in [3.05, 3.63) is 47.0 Å². The number of aromatic nitrogens is 2. The zero-order valence-corrected chi connectivity index (χ0v) is 21.2. The summed E-state index contributed by atoms with van der Waals surface area (Å²) < 4.78 is 7.18. The van der Waals surface area contributed by atoms with Crippen molar-refractivity contribution in [1.82, 2.24) is 19.8 Å². The van der Waals surface area contributed by atoms with Crippen LogP contribution in [0.15, 0.2) is 24.5 Å². The Morgan fingerprint density at radius 2 is 2.00 bits per heavy atom. The fourth-order valence-corrected chi connectivity index (χ4v) is 4.56. The number of rotatable bonds is 9. The molecule has 0 unspecified atom stereocenters. The van der Waals surface area contributed by atoms with E-state index in [0.29, 0.717) is 25.3 Å². The zero-order chi connectivity index (χ0) is 25.3. The van der Waals surface area contributed by atoms with Gasteiger partial charge >= 0.3 is 0 Å². The van der Waals surface area contributed by atoms with Crippen molar-refractivity contribution in [3.8, 4) is 0 Å². The van der Waals surface area contributed by atoms with Crippen LogP contribution in [-0.4, -0.2) is 63.0 Å². The molecule has 1 atom stereocenters. The molecule has 1 aliphatic carbocycles. The fourth-order valence-electron chi connectivity index (χ4n) is 4.56. The van der Waals surface area contributed by atoms with Gasteiger partial charge in [-0.1, -0.05) is 12.1 Å². The molecule has 9 heteroatoms. The lowest BCUT2D eigenvalue weighted by atomic mass is 9.94. The van der Waals surface area contributed by atoms with Crippen molar-refractivity contribution in [3.63, 3.8) is 0 Å². The van der Waals surface area contributed by atoms with E-state index in [4.69, 9.17) is 4.74 Å². The monoisotopic (exact) mass is 481 g/mol. The summed E-state index contributed by atoms with van der Waals surface area (Å²) in [6, 6.07) is 5.79. The van der Waals surface area contributed by atoms with Crippen molar-refractivity contribution in [2.45, 2.75) is 78.1 Å². The van der Waals surface area contributed by atoms with Crippen molar-refractivity contribution >= 4 is 23.4 Å². The third kappa shape index (κ3) is 5.10. The van der Waals surface area contributed by atoms with Gasteiger partial charge in [0.15, 0.2) is 5.69 Å². The molecule has 9 nitrogen and oxygen atoms in total. The molecule has 0 saturated heterocycles. The average Bonchev–Trinajstić information content (AvgIpc) is 3.53. The van der Waals surface area contributed by atoms with Gasteiger partial charge in [-0.15, -0.1) is 0 Å². The van der Waals surface area contributed by atoms with E-state index in [2.05, 4.69) is 15.6 Å². The second-order valence-corrected chi connectivity index (χ2v) is 10.1. The zero-order valence-electron chi connectivity index (χ0n) is 21.2. The maximum absolute atomic E-state index is 13.7. The minimum atomic E-state index is -1.06. The number of hydrogen-bond donors (Lipinski definition) is 2. The number of nitrogens with one attached hydrogen (secondary N) is 2. The molecule has 0 radical (unpaired) electrons. The Bertz CT molecular complexity index is 1140. The standard InChI is InChI=1S/C26H35N5O4/c1-16(2)35-12-6-11-27-25(34)26(5)14-30-15-28-21(22(30)24(33)31(26)19-9-10-19)23(32)29-20-13-17(3)7-8-18(20)4/h7-8,13,15-16,19H,6,9-12,14H2,1-5H3,(H,27,34)(H,29,32)/t26-/m0/s1. The molecular weight excluding hydrogens is 446 g/mol. The summed E-state index contributed by atoms with van der Waals surface area (Å²) in [5, 5.41) is 5.88. The van der Waals surface area contributed by atoms with Crippen LogP contribution in [-0.2, 0) is 16.1 Å². The van der Waals surface area contributed by atoms with E-state index in [1.807, 2.05) is 45.9 Å². The molecule has 2 aromatic rings. The Hall–Kier alpha value is -3.20. The molecule has 1 aliphatic heterocycles. The van der Waals surface area contributed by atoms with Crippen LogP contribution in [0.2, 0.25) is 0 Å². The van der Waals surface area contributed by atoms with E-state index < -0.39 is 11.4 Å². The van der Waals surface area contributed by atoms with Gasteiger partial charge < -0.3 is 24.8 Å². The summed E-state index contributed by atoms with van der Waals surface area (Å²) in [5.74, 6) is -0.971. The van der Waals surface area contributed by atoms with Gasteiger partial charge in [-0.3, -0.25) is 14.4 Å². The number of amides is 3. The number of anilines is 1. The first-order valence-electron chi connectivity index (χ1n) is 12.3. The number of fused-ring (bicyclic) bond motifs is 1. The van der Waals surface area contributed by atoms with Gasteiger partial charge in [0.05, 0.1) is 19.0 Å². The summed E-state index contributed by atoms with van der Waals surface area (Å²) in [6.07, 6.45) is 4.00. The summed E-state index contributed by atoms with van der Waals surface area (Å²) in [7, 11) is 0. The second kappa shape index (κ2) is 9.81. The minimum Gasteiger partial charge on any atom is -0.379 e. The highest BCUT2D eigenvalue weighted by atomic mass is 16.5. The smallest absolute Gasteiger partial charge is 0.276 e. The summed E-state index contributed by atoms with van der Waals surface area (Å²) >= 11 is 0. The van der Waals surface area contributed by atoms with E-state index in [-0.39, 0.29) is 41.9 Å². The lowest BCUT2D eigenvalue weighted by Gasteiger charge is -2.44. The van der Waals surface area contributed by atoms with E-state index in [0.717, 1.165) is 24.0 Å². The SMILES string of the molecule is Cc1ccc(C)c(NC(=O)c2ncn3c2C(=O)N(C2CC2)[C@](C)(C(=O)NCCCOC(C)C)C3)c1. The van der Waals surface area contributed by atoms with Gasteiger partial charge in [-0.05, 0) is 71.1 Å². The van der Waals surface area contributed by atoms with Crippen LogP contribution in [0.5, 0.6) is 0 Å². The molecule has 2 heterocycles. The Kier molecular flexibility index (Phi) is 6.98. The molecule has 0 spiro atoms. The molecule has 2 N–H and O–H groups in total. The molecular formula is C26H35N5O4. The summed E-state index contributed by atoms with van der Waals surface area (Å²) in [5.41, 5.74) is 1.87. The third-order valence-corrected chi connectivity index (χ3v) is 6.58. The van der Waals surface area contributed by atoms with E-state index in [1.54, 1.807) is 16.4 Å². The number of aryl methyl sites for hydroxylation is 2. The van der Waals surface area contributed by atoms with Crippen LogP contribution >= 0.6 is 0 Å². The molecule has 3 amide bonds. The van der Waals surface area contributed by atoms with Gasteiger partial charge in [-0.2, -0.15) is 0 Å². The summed E-state index contributed by atoms with van der Waals surface area (Å²) in [4.78, 5) is 46.1. The average molecular weight is 482 g/mol. The van der Waals surface area contributed by atoms with Crippen molar-refractivity contribution in [2.24, 2.45) is 0 Å². The van der Waals surface area contributed by atoms with Crippen LogP contribution in [0.1, 0.15) is 72.1 Å². The molecule has 1 aromatic carbocycles. The number of hydrogen-bond acceptors (Lipinski definition) is 5. The quantitative estimate of drug-likeness (QED) is 0.536. The third-order valence-electron chi connectivity index (χ3n) is 6.58. The van der Waals surface area contributed by atoms with Crippen molar-refractivity contribution in [2.75, 3.05) is 18.5 Å². The number of imidazole rings is 1. The predicted molar refractivity (Wildman–Crippen MR) is 132 cm³/mol. The van der Waals surface area contributed by atoms with Gasteiger partial charge in [0.25, 0.3) is 11.8 Å². The molecule has 1 saturated carbocycles. The maximum atomic E-state index is 13.7. The molecule has 0 bridgehead atoms. The fraction of sp³-hybridized carbons (Fsp3) is 0.538. The Morgan fingerprint density at radius 3 is 2.69 bits per heavy atom. The van der Waals surface area contributed by atoms with Crippen LogP contribution in [0.3, 0.4) is 0 Å². The normalized spacial score (nSPS) is 19.6. The van der Waals surface area contributed by atoms with Crippen LogP contribution in [0, 0.1) is 13.8 Å². The van der Waals surface area contributed by atoms with Gasteiger partial charge in [0, 0.05) is 24.9 Å². The van der Waals surface area contributed by atoms with Gasteiger partial charge in [-0.25, -0.2) is 4.98 Å². The van der Waals surface area contributed by atoms with Crippen molar-refractivity contribution < 1.29 is 19.1 Å². The molecule has 35 heavy (non-hydrogen) atoms. The minimum absolute atomic E-state index is 0.0129. The largest absolute Gasteiger partial charge is 0.379 e. The second-order valence-electron chi connectivity index (χ2n) is 10.1. The number of nitrogens with zero attached hydrogens (tertiary/aromatic N) is 3. The number of carbonyl (C=O) groups is 3. The van der Waals surface area contributed by atoms with E-state index in [1.165, 1.54) is 6.33 Å². The lowest BCUT2D eigenvalue weighted by Crippen LogP contribution is -2.64. The lowest BCUT2D eigenvalue weighted by molar-refractivity contribution is -0.133. The molecule has 1 aromatic heterocycles. The topological polar surface area (TPSA) is 106 Å². The highest BCUT2D eigenvalue weighted by molar-refractivity contribution is 6.12. The number of carbonyl (C=O) groups excluding carboxylic acids is 3. The number of ether oxygens (including phenoxy) is 1. The van der Waals surface area contributed by atoms with Gasteiger partial charge in [0.1, 0.15) is 11.2 Å². The molecule has 4 rings (SSSR count). The highest BCUT2D eigenvalue weighted by Crippen LogP contribution is 2.39. The first kappa shape index (κ1) is 24.9. The van der Waals surface area contributed by atoms with Crippen LogP contribution in [0.25, 0.3) is 0 Å². The van der Waals surface area contributed by atoms with E-state index >= 15 is 0 Å². The summed E-state index contributed by atoms with van der Waals surface area (Å²) in [6.45, 7) is 10.9. The molecule has 1 fully saturated rings. The Morgan fingerprint density at radius 1 is 1.26 bits per heavy atom. The Labute approximate surface area is 206 Å².